The van der Waals surface area contributed by atoms with Crippen molar-refractivity contribution in [2.24, 2.45) is 4.99 Å². The lowest BCUT2D eigenvalue weighted by atomic mass is 10.2. The zero-order chi connectivity index (χ0) is 13.9. The van der Waals surface area contributed by atoms with Crippen molar-refractivity contribution in [3.8, 4) is 0 Å². The average Bonchev–Trinajstić information content (AvgIpc) is 2.89. The first-order chi connectivity index (χ1) is 9.74. The zero-order valence-electron chi connectivity index (χ0n) is 11.4. The van der Waals surface area contributed by atoms with Crippen LogP contribution in [0, 0.1) is 0 Å². The molecule has 3 rings (SSSR count). The summed E-state index contributed by atoms with van der Waals surface area (Å²) in [6.45, 7) is 0. The number of benzene rings is 1. The molecule has 3 aromatic rings. The third kappa shape index (κ3) is 2.38. The number of aromatic amines is 1. The van der Waals surface area contributed by atoms with E-state index >= 15 is 0 Å². The van der Waals surface area contributed by atoms with E-state index in [-0.39, 0.29) is 0 Å². The Morgan fingerprint density at radius 2 is 1.95 bits per heavy atom. The fraction of sp³-hybridized carbons (Fsp3) is 0.133. The second-order valence-electron chi connectivity index (χ2n) is 4.69. The van der Waals surface area contributed by atoms with E-state index in [1.54, 1.807) is 6.20 Å². The lowest BCUT2D eigenvalue weighted by Gasteiger charge is -2.11. The first-order valence-electron chi connectivity index (χ1n) is 6.34. The van der Waals surface area contributed by atoms with Gasteiger partial charge in [-0.25, -0.2) is 9.98 Å². The highest BCUT2D eigenvalue weighted by molar-refractivity contribution is 5.90. The zero-order valence-corrected chi connectivity index (χ0v) is 11.4. The van der Waals surface area contributed by atoms with Crippen LogP contribution in [-0.4, -0.2) is 35.5 Å². The van der Waals surface area contributed by atoms with E-state index in [0.717, 1.165) is 22.3 Å². The molecule has 0 aliphatic rings. The number of aromatic nitrogens is 3. The van der Waals surface area contributed by atoms with Crippen molar-refractivity contribution in [2.75, 3.05) is 19.0 Å². The van der Waals surface area contributed by atoms with E-state index in [9.17, 15) is 0 Å². The van der Waals surface area contributed by atoms with Crippen molar-refractivity contribution >= 4 is 28.8 Å². The van der Waals surface area contributed by atoms with Gasteiger partial charge in [0.05, 0.1) is 5.39 Å². The lowest BCUT2D eigenvalue weighted by molar-refractivity contribution is 1.09. The number of aliphatic imine (C=N–C) groups is 1. The molecule has 1 aromatic carbocycles. The Morgan fingerprint density at radius 1 is 1.15 bits per heavy atom. The molecule has 0 bridgehead atoms. The highest BCUT2D eigenvalue weighted by Crippen LogP contribution is 2.20. The first kappa shape index (κ1) is 12.3. The number of nitrogens with one attached hydrogen (secondary N) is 1. The second kappa shape index (κ2) is 5.13. The molecule has 0 saturated carbocycles. The summed E-state index contributed by atoms with van der Waals surface area (Å²) in [5.74, 6) is 0.657. The van der Waals surface area contributed by atoms with Crippen LogP contribution < -0.4 is 4.90 Å². The minimum Gasteiger partial charge on any atom is -0.378 e. The summed E-state index contributed by atoms with van der Waals surface area (Å²) in [7, 11) is 4.04. The minimum atomic E-state index is 0.657. The summed E-state index contributed by atoms with van der Waals surface area (Å²) in [6, 6.07) is 12.0. The summed E-state index contributed by atoms with van der Waals surface area (Å²) < 4.78 is 0. The molecule has 0 fully saturated rings. The van der Waals surface area contributed by atoms with Gasteiger partial charge in [-0.2, -0.15) is 5.10 Å². The Hall–Kier alpha value is -2.69. The van der Waals surface area contributed by atoms with Gasteiger partial charge in [-0.3, -0.25) is 5.10 Å². The van der Waals surface area contributed by atoms with Crippen LogP contribution in [0.2, 0.25) is 0 Å². The van der Waals surface area contributed by atoms with E-state index in [0.29, 0.717) is 5.82 Å². The first-order valence-corrected chi connectivity index (χ1v) is 6.34. The quantitative estimate of drug-likeness (QED) is 0.741. The maximum absolute atomic E-state index is 4.42. The largest absolute Gasteiger partial charge is 0.378 e. The number of anilines is 1. The number of fused-ring (bicyclic) bond motifs is 1. The number of hydrogen-bond acceptors (Lipinski definition) is 4. The molecule has 100 valence electrons. The van der Waals surface area contributed by atoms with Gasteiger partial charge in [0.2, 0.25) is 0 Å². The van der Waals surface area contributed by atoms with Crippen molar-refractivity contribution < 1.29 is 0 Å². The van der Waals surface area contributed by atoms with Gasteiger partial charge in [0, 0.05) is 32.2 Å². The minimum absolute atomic E-state index is 0.657. The normalized spacial score (nSPS) is 11.3. The molecule has 0 aliphatic carbocycles. The van der Waals surface area contributed by atoms with E-state index in [4.69, 9.17) is 0 Å². The van der Waals surface area contributed by atoms with Gasteiger partial charge in [-0.1, -0.05) is 12.1 Å². The van der Waals surface area contributed by atoms with E-state index < -0.39 is 0 Å². The van der Waals surface area contributed by atoms with Crippen molar-refractivity contribution in [3.63, 3.8) is 0 Å². The Morgan fingerprint density at radius 3 is 2.70 bits per heavy atom. The van der Waals surface area contributed by atoms with Crippen molar-refractivity contribution in [3.05, 3.63) is 48.2 Å². The van der Waals surface area contributed by atoms with E-state index in [2.05, 4.69) is 37.2 Å². The predicted molar refractivity (Wildman–Crippen MR) is 81.9 cm³/mol. The average molecular weight is 265 g/mol. The topological polar surface area (TPSA) is 57.2 Å². The van der Waals surface area contributed by atoms with Crippen LogP contribution in [0.25, 0.3) is 11.0 Å². The fourth-order valence-electron chi connectivity index (χ4n) is 1.93. The van der Waals surface area contributed by atoms with Crippen LogP contribution in [0.3, 0.4) is 0 Å². The van der Waals surface area contributed by atoms with Crippen molar-refractivity contribution in [2.45, 2.75) is 0 Å². The molecule has 2 aromatic heterocycles. The second-order valence-corrected chi connectivity index (χ2v) is 4.69. The molecule has 0 unspecified atom stereocenters. The van der Waals surface area contributed by atoms with Gasteiger partial charge >= 0.3 is 0 Å². The Kier molecular flexibility index (Phi) is 3.16. The summed E-state index contributed by atoms with van der Waals surface area (Å²) in [4.78, 5) is 10.7. The molecule has 0 radical (unpaired) electrons. The maximum Gasteiger partial charge on any atom is 0.183 e. The Balaban J connectivity index is 1.86. The highest BCUT2D eigenvalue weighted by atomic mass is 15.2. The molecule has 0 amide bonds. The standard InChI is InChI=1S/C15H15N5/c1-20(2)12-7-5-11(6-8-12)10-17-15-13-4-3-9-16-14(13)18-19-15/h3-10H,1-2H3,(H,16,18,19). The Bertz CT molecular complexity index is 740. The molecule has 0 atom stereocenters. The van der Waals surface area contributed by atoms with Crippen LogP contribution in [0.1, 0.15) is 5.56 Å². The van der Waals surface area contributed by atoms with Gasteiger partial charge in [0.1, 0.15) is 0 Å². The molecular formula is C15H15N5. The van der Waals surface area contributed by atoms with E-state index in [1.165, 1.54) is 0 Å². The molecule has 0 spiro atoms. The van der Waals surface area contributed by atoms with Gasteiger partial charge in [0.15, 0.2) is 11.5 Å². The summed E-state index contributed by atoms with van der Waals surface area (Å²) in [5.41, 5.74) is 2.95. The third-order valence-corrected chi connectivity index (χ3v) is 3.06. The van der Waals surface area contributed by atoms with Crippen LogP contribution in [0.4, 0.5) is 11.5 Å². The highest BCUT2D eigenvalue weighted by Gasteiger charge is 2.03. The summed E-state index contributed by atoms with van der Waals surface area (Å²) in [5, 5.41) is 7.95. The van der Waals surface area contributed by atoms with Gasteiger partial charge < -0.3 is 4.90 Å². The Labute approximate surface area is 117 Å². The van der Waals surface area contributed by atoms with Crippen molar-refractivity contribution in [1.82, 2.24) is 15.2 Å². The number of nitrogens with zero attached hydrogens (tertiary/aromatic N) is 4. The monoisotopic (exact) mass is 265 g/mol. The lowest BCUT2D eigenvalue weighted by Crippen LogP contribution is -2.08. The van der Waals surface area contributed by atoms with Gasteiger partial charge in [-0.15, -0.1) is 0 Å². The molecule has 20 heavy (non-hydrogen) atoms. The number of pyridine rings is 1. The molecule has 2 heterocycles. The summed E-state index contributed by atoms with van der Waals surface area (Å²) in [6.07, 6.45) is 3.54. The molecule has 0 saturated heterocycles. The molecule has 5 nitrogen and oxygen atoms in total. The van der Waals surface area contributed by atoms with Crippen LogP contribution >= 0.6 is 0 Å². The molecular weight excluding hydrogens is 250 g/mol. The van der Waals surface area contributed by atoms with Crippen LogP contribution in [-0.2, 0) is 0 Å². The predicted octanol–water partition coefficient (Wildman–Crippen LogP) is 2.77. The fourth-order valence-corrected chi connectivity index (χ4v) is 1.93. The molecule has 1 N–H and O–H groups in total. The number of H-pyrrole nitrogens is 1. The molecule has 0 aliphatic heterocycles. The number of rotatable bonds is 3. The van der Waals surface area contributed by atoms with Gasteiger partial charge in [0.25, 0.3) is 0 Å². The summed E-state index contributed by atoms with van der Waals surface area (Å²) >= 11 is 0. The maximum atomic E-state index is 4.42. The smallest absolute Gasteiger partial charge is 0.183 e. The molecule has 5 heteroatoms. The van der Waals surface area contributed by atoms with Crippen LogP contribution in [0.5, 0.6) is 0 Å². The van der Waals surface area contributed by atoms with Crippen molar-refractivity contribution in [1.29, 1.82) is 0 Å². The third-order valence-electron chi connectivity index (χ3n) is 3.06. The van der Waals surface area contributed by atoms with E-state index in [1.807, 2.05) is 44.6 Å². The SMILES string of the molecule is CN(C)c1ccc(C=Nc2n[nH]c3ncccc23)cc1. The number of hydrogen-bond donors (Lipinski definition) is 1. The van der Waals surface area contributed by atoms with Crippen LogP contribution in [0.15, 0.2) is 47.6 Å². The van der Waals surface area contributed by atoms with Gasteiger partial charge in [-0.05, 0) is 29.8 Å².